The summed E-state index contributed by atoms with van der Waals surface area (Å²) >= 11 is 0. The molecule has 1 aliphatic heterocycles. The van der Waals surface area contributed by atoms with Crippen LogP contribution in [0.25, 0.3) is 0 Å². The van der Waals surface area contributed by atoms with Crippen molar-refractivity contribution in [2.24, 2.45) is 0 Å². The van der Waals surface area contributed by atoms with Crippen molar-refractivity contribution in [3.05, 3.63) is 35.4 Å². The van der Waals surface area contributed by atoms with E-state index in [9.17, 15) is 37.5 Å². The Hall–Kier alpha value is -2.75. The Bertz CT molecular complexity index is 677. The number of aliphatic hydroxyl groups is 1. The van der Waals surface area contributed by atoms with Crippen molar-refractivity contribution >= 4 is 23.6 Å². The molecule has 0 unspecified atom stereocenters. The molecule has 3 N–H and O–H groups in total. The van der Waals surface area contributed by atoms with Gasteiger partial charge in [0, 0.05) is 5.56 Å². The summed E-state index contributed by atoms with van der Waals surface area (Å²) in [5.41, 5.74) is -4.02. The molecule has 122 valence electrons. The second-order valence-electron chi connectivity index (χ2n) is 4.77. The molecule has 1 saturated heterocycles. The fourth-order valence-corrected chi connectivity index (χ4v) is 1.89. The summed E-state index contributed by atoms with van der Waals surface area (Å²) < 4.78 is 37.3. The SMILES string of the molecule is O=C1NC(=O)C(O)(CC(=O)c2ccc(C(F)(F)F)cc2)C(=O)N1. The van der Waals surface area contributed by atoms with E-state index < -0.39 is 47.4 Å². The van der Waals surface area contributed by atoms with Gasteiger partial charge in [0.05, 0.1) is 12.0 Å². The molecule has 10 heteroatoms. The number of hydrogen-bond acceptors (Lipinski definition) is 5. The number of ketones is 1. The average Bonchev–Trinajstić information content (AvgIpc) is 2.44. The van der Waals surface area contributed by atoms with E-state index in [-0.39, 0.29) is 5.56 Å². The first-order valence-electron chi connectivity index (χ1n) is 6.14. The number of halogens is 3. The number of Topliss-reactive ketones (excluding diaryl/α,β-unsaturated/α-hetero) is 1. The summed E-state index contributed by atoms with van der Waals surface area (Å²) in [7, 11) is 0. The fraction of sp³-hybridized carbons (Fsp3) is 0.231. The van der Waals surface area contributed by atoms with Crippen LogP contribution in [-0.2, 0) is 15.8 Å². The first-order chi connectivity index (χ1) is 10.5. The van der Waals surface area contributed by atoms with E-state index in [0.717, 1.165) is 12.1 Å². The molecule has 0 atom stereocenters. The molecule has 2 rings (SSSR count). The lowest BCUT2D eigenvalue weighted by Gasteiger charge is -2.28. The highest BCUT2D eigenvalue weighted by Crippen LogP contribution is 2.29. The van der Waals surface area contributed by atoms with Crippen LogP contribution in [0.15, 0.2) is 24.3 Å². The van der Waals surface area contributed by atoms with Crippen molar-refractivity contribution in [1.29, 1.82) is 0 Å². The second-order valence-corrected chi connectivity index (χ2v) is 4.77. The maximum atomic E-state index is 12.4. The molecule has 1 aliphatic rings. The predicted molar refractivity (Wildman–Crippen MR) is 67.0 cm³/mol. The highest BCUT2D eigenvalue weighted by atomic mass is 19.4. The first-order valence-corrected chi connectivity index (χ1v) is 6.14. The Morgan fingerprint density at radius 2 is 1.52 bits per heavy atom. The maximum Gasteiger partial charge on any atom is 0.416 e. The van der Waals surface area contributed by atoms with Gasteiger partial charge in [-0.15, -0.1) is 0 Å². The summed E-state index contributed by atoms with van der Waals surface area (Å²) in [5.74, 6) is -3.71. The van der Waals surface area contributed by atoms with Gasteiger partial charge >= 0.3 is 12.2 Å². The summed E-state index contributed by atoms with van der Waals surface area (Å²) in [5, 5.41) is 13.2. The van der Waals surface area contributed by atoms with Crippen LogP contribution in [0.5, 0.6) is 0 Å². The number of rotatable bonds is 3. The molecular weight excluding hydrogens is 321 g/mol. The lowest BCUT2D eigenvalue weighted by Crippen LogP contribution is -2.67. The molecular formula is C13H9F3N2O5. The number of carbonyl (C=O) groups excluding carboxylic acids is 4. The summed E-state index contributed by atoms with van der Waals surface area (Å²) in [4.78, 5) is 45.9. The molecule has 1 aromatic carbocycles. The van der Waals surface area contributed by atoms with Crippen molar-refractivity contribution < 1.29 is 37.5 Å². The minimum atomic E-state index is -4.58. The Balaban J connectivity index is 2.20. The Morgan fingerprint density at radius 3 is 1.96 bits per heavy atom. The van der Waals surface area contributed by atoms with Crippen LogP contribution in [0.3, 0.4) is 0 Å². The molecule has 7 nitrogen and oxygen atoms in total. The van der Waals surface area contributed by atoms with E-state index in [0.29, 0.717) is 12.1 Å². The number of barbiturate groups is 1. The lowest BCUT2D eigenvalue weighted by molar-refractivity contribution is -0.154. The van der Waals surface area contributed by atoms with Crippen LogP contribution in [0, 0.1) is 0 Å². The molecule has 0 radical (unpaired) electrons. The minimum absolute atomic E-state index is 0.232. The summed E-state index contributed by atoms with van der Waals surface area (Å²) in [6.07, 6.45) is -5.60. The van der Waals surface area contributed by atoms with E-state index >= 15 is 0 Å². The summed E-state index contributed by atoms with van der Waals surface area (Å²) in [6, 6.07) is 1.88. The van der Waals surface area contributed by atoms with E-state index in [4.69, 9.17) is 0 Å². The van der Waals surface area contributed by atoms with Gasteiger partial charge in [0.1, 0.15) is 0 Å². The highest BCUT2D eigenvalue weighted by Gasteiger charge is 2.50. The fourth-order valence-electron chi connectivity index (χ4n) is 1.89. The molecule has 0 bridgehead atoms. The zero-order valence-electron chi connectivity index (χ0n) is 11.2. The van der Waals surface area contributed by atoms with Gasteiger partial charge in [0.15, 0.2) is 5.78 Å². The van der Waals surface area contributed by atoms with E-state index in [1.165, 1.54) is 0 Å². The third-order valence-electron chi connectivity index (χ3n) is 3.16. The number of carbonyl (C=O) groups is 4. The molecule has 0 aliphatic carbocycles. The van der Waals surface area contributed by atoms with Crippen molar-refractivity contribution in [2.45, 2.75) is 18.2 Å². The lowest BCUT2D eigenvalue weighted by atomic mass is 9.90. The third kappa shape index (κ3) is 3.21. The van der Waals surface area contributed by atoms with Gasteiger partial charge in [0.25, 0.3) is 11.8 Å². The number of benzene rings is 1. The molecule has 0 spiro atoms. The standard InChI is InChI=1S/C13H9F3N2O5/c14-13(15,16)7-3-1-6(2-4-7)8(19)5-12(23)9(20)17-11(22)18-10(12)21/h1-4,23H,5H2,(H2,17,18,20,21,22). The zero-order valence-corrected chi connectivity index (χ0v) is 11.2. The van der Waals surface area contributed by atoms with Crippen LogP contribution in [0.1, 0.15) is 22.3 Å². The van der Waals surface area contributed by atoms with E-state index in [1.807, 2.05) is 0 Å². The first kappa shape index (κ1) is 16.6. The Kier molecular flexibility index (Phi) is 3.95. The number of hydrogen-bond donors (Lipinski definition) is 3. The van der Waals surface area contributed by atoms with Crippen LogP contribution in [0.2, 0.25) is 0 Å². The van der Waals surface area contributed by atoms with Gasteiger partial charge < -0.3 is 5.11 Å². The topological polar surface area (TPSA) is 113 Å². The Morgan fingerprint density at radius 1 is 1.04 bits per heavy atom. The Labute approximate surface area is 126 Å². The number of urea groups is 1. The van der Waals surface area contributed by atoms with Gasteiger partial charge in [-0.3, -0.25) is 25.0 Å². The molecule has 0 aromatic heterocycles. The van der Waals surface area contributed by atoms with Gasteiger partial charge in [-0.05, 0) is 12.1 Å². The summed E-state index contributed by atoms with van der Waals surface area (Å²) in [6.45, 7) is 0. The van der Waals surface area contributed by atoms with Crippen LogP contribution in [0.4, 0.5) is 18.0 Å². The van der Waals surface area contributed by atoms with Crippen LogP contribution >= 0.6 is 0 Å². The number of nitrogens with one attached hydrogen (secondary N) is 2. The molecule has 0 saturated carbocycles. The van der Waals surface area contributed by atoms with E-state index in [2.05, 4.69) is 0 Å². The molecule has 1 aromatic rings. The monoisotopic (exact) mass is 330 g/mol. The van der Waals surface area contributed by atoms with Crippen molar-refractivity contribution in [3.8, 4) is 0 Å². The van der Waals surface area contributed by atoms with Gasteiger partial charge in [-0.1, -0.05) is 12.1 Å². The largest absolute Gasteiger partial charge is 0.416 e. The van der Waals surface area contributed by atoms with Crippen molar-refractivity contribution in [1.82, 2.24) is 10.6 Å². The van der Waals surface area contributed by atoms with Gasteiger partial charge in [-0.25, -0.2) is 4.79 Å². The molecule has 1 fully saturated rings. The molecule has 23 heavy (non-hydrogen) atoms. The number of amides is 4. The molecule has 4 amide bonds. The predicted octanol–water partition coefficient (Wildman–Crippen LogP) is 0.375. The normalized spacial score (nSPS) is 17.5. The quantitative estimate of drug-likeness (QED) is 0.548. The van der Waals surface area contributed by atoms with E-state index in [1.54, 1.807) is 10.6 Å². The van der Waals surface area contributed by atoms with Crippen molar-refractivity contribution in [3.63, 3.8) is 0 Å². The second kappa shape index (κ2) is 5.47. The van der Waals surface area contributed by atoms with Gasteiger partial charge in [-0.2, -0.15) is 13.2 Å². The van der Waals surface area contributed by atoms with Crippen LogP contribution in [-0.4, -0.2) is 34.3 Å². The smallest absolute Gasteiger partial charge is 0.371 e. The third-order valence-corrected chi connectivity index (χ3v) is 3.16. The highest BCUT2D eigenvalue weighted by molar-refractivity contribution is 6.23. The maximum absolute atomic E-state index is 12.4. The number of alkyl halides is 3. The van der Waals surface area contributed by atoms with Crippen molar-refractivity contribution in [2.75, 3.05) is 0 Å². The molecule has 1 heterocycles. The van der Waals surface area contributed by atoms with Crippen LogP contribution < -0.4 is 10.6 Å². The minimum Gasteiger partial charge on any atom is -0.371 e. The number of imide groups is 2. The zero-order chi connectivity index (χ0) is 17.4. The van der Waals surface area contributed by atoms with Gasteiger partial charge in [0.2, 0.25) is 5.60 Å². The average molecular weight is 330 g/mol.